The van der Waals surface area contributed by atoms with Crippen molar-refractivity contribution in [2.24, 2.45) is 5.14 Å². The minimum atomic E-state index is -3.74. The van der Waals surface area contributed by atoms with E-state index in [1.165, 1.54) is 24.3 Å². The molecule has 0 aliphatic heterocycles. The van der Waals surface area contributed by atoms with Crippen LogP contribution in [0.15, 0.2) is 50.2 Å². The fourth-order valence-electron chi connectivity index (χ4n) is 1.69. The van der Waals surface area contributed by atoms with E-state index in [2.05, 4.69) is 37.2 Å². The molecular weight excluding hydrogens is 427 g/mol. The highest BCUT2D eigenvalue weighted by Gasteiger charge is 2.10. The van der Waals surface area contributed by atoms with Gasteiger partial charge in [-0.25, -0.2) is 17.9 Å². The second-order valence-corrected chi connectivity index (χ2v) is 7.55. The summed E-state index contributed by atoms with van der Waals surface area (Å²) in [6.07, 6.45) is 0. The van der Waals surface area contributed by atoms with Gasteiger partial charge in [-0.15, -0.1) is 0 Å². The maximum absolute atomic E-state index is 13.2. The average Bonchev–Trinajstić information content (AvgIpc) is 2.40. The smallest absolute Gasteiger partial charge is 0.238 e. The molecule has 0 bridgehead atoms. The molecule has 0 saturated carbocycles. The Morgan fingerprint density at radius 1 is 1.10 bits per heavy atom. The summed E-state index contributed by atoms with van der Waals surface area (Å²) in [6.45, 7) is 0.381. The lowest BCUT2D eigenvalue weighted by Gasteiger charge is -2.11. The van der Waals surface area contributed by atoms with Crippen molar-refractivity contribution in [1.29, 1.82) is 0 Å². The molecule has 0 unspecified atom stereocenters. The minimum absolute atomic E-state index is 0.0202. The van der Waals surface area contributed by atoms with Crippen molar-refractivity contribution in [3.63, 3.8) is 0 Å². The molecule has 8 heteroatoms. The summed E-state index contributed by atoms with van der Waals surface area (Å²) >= 11 is 6.62. The summed E-state index contributed by atoms with van der Waals surface area (Å²) in [5, 5.41) is 8.16. The number of anilines is 1. The summed E-state index contributed by atoms with van der Waals surface area (Å²) < 4.78 is 37.0. The molecule has 3 N–H and O–H groups in total. The first-order valence-electron chi connectivity index (χ1n) is 5.77. The van der Waals surface area contributed by atoms with Gasteiger partial charge in [0.1, 0.15) is 5.82 Å². The molecule has 112 valence electrons. The second kappa shape index (κ2) is 6.43. The van der Waals surface area contributed by atoms with E-state index in [0.717, 1.165) is 10.0 Å². The van der Waals surface area contributed by atoms with Crippen LogP contribution in [0, 0.1) is 5.82 Å². The van der Waals surface area contributed by atoms with Crippen molar-refractivity contribution < 1.29 is 12.8 Å². The predicted molar refractivity (Wildman–Crippen MR) is 86.9 cm³/mol. The molecule has 0 fully saturated rings. The largest absolute Gasteiger partial charge is 0.380 e. The van der Waals surface area contributed by atoms with Crippen LogP contribution < -0.4 is 10.5 Å². The fourth-order valence-corrected chi connectivity index (χ4v) is 3.28. The van der Waals surface area contributed by atoms with Gasteiger partial charge in [0, 0.05) is 21.2 Å². The zero-order chi connectivity index (χ0) is 15.6. The molecule has 0 radical (unpaired) electrons. The van der Waals surface area contributed by atoms with Crippen molar-refractivity contribution >= 4 is 47.6 Å². The van der Waals surface area contributed by atoms with Gasteiger partial charge < -0.3 is 5.32 Å². The van der Waals surface area contributed by atoms with Crippen LogP contribution in [-0.2, 0) is 16.6 Å². The molecule has 21 heavy (non-hydrogen) atoms. The van der Waals surface area contributed by atoms with Gasteiger partial charge in [0.15, 0.2) is 0 Å². The van der Waals surface area contributed by atoms with Gasteiger partial charge in [0.05, 0.1) is 4.90 Å². The molecule has 0 spiro atoms. The average molecular weight is 438 g/mol. The van der Waals surface area contributed by atoms with Crippen molar-refractivity contribution in [3.8, 4) is 0 Å². The highest BCUT2D eigenvalue weighted by atomic mass is 79.9. The summed E-state index contributed by atoms with van der Waals surface area (Å²) in [5.74, 6) is -0.321. The Bertz CT molecular complexity index is 782. The van der Waals surface area contributed by atoms with Gasteiger partial charge >= 0.3 is 0 Å². The molecule has 0 saturated heterocycles. The van der Waals surface area contributed by atoms with E-state index >= 15 is 0 Å². The predicted octanol–water partition coefficient (Wildman–Crippen LogP) is 3.61. The van der Waals surface area contributed by atoms with Crippen molar-refractivity contribution in [1.82, 2.24) is 0 Å². The molecule has 0 aromatic heterocycles. The van der Waals surface area contributed by atoms with E-state index in [1.54, 1.807) is 12.1 Å². The van der Waals surface area contributed by atoms with Gasteiger partial charge in [0.2, 0.25) is 10.0 Å². The Morgan fingerprint density at radius 3 is 2.43 bits per heavy atom. The third-order valence-electron chi connectivity index (χ3n) is 2.75. The number of nitrogens with one attached hydrogen (secondary N) is 1. The van der Waals surface area contributed by atoms with Gasteiger partial charge in [-0.1, -0.05) is 15.9 Å². The van der Waals surface area contributed by atoms with Crippen molar-refractivity contribution in [2.75, 3.05) is 5.32 Å². The Kier molecular flexibility index (Phi) is 5.03. The molecule has 0 amide bonds. The number of nitrogens with two attached hydrogens (primary N) is 1. The lowest BCUT2D eigenvalue weighted by atomic mass is 10.2. The van der Waals surface area contributed by atoms with Gasteiger partial charge in [-0.3, -0.25) is 0 Å². The van der Waals surface area contributed by atoms with E-state index in [4.69, 9.17) is 5.14 Å². The number of benzene rings is 2. The van der Waals surface area contributed by atoms with E-state index in [0.29, 0.717) is 16.7 Å². The van der Waals surface area contributed by atoms with Gasteiger partial charge in [0.25, 0.3) is 0 Å². The zero-order valence-corrected chi connectivity index (χ0v) is 14.6. The topological polar surface area (TPSA) is 72.2 Å². The first-order valence-corrected chi connectivity index (χ1v) is 8.91. The van der Waals surface area contributed by atoms with E-state index in [-0.39, 0.29) is 10.7 Å². The minimum Gasteiger partial charge on any atom is -0.380 e. The van der Waals surface area contributed by atoms with Crippen LogP contribution in [-0.4, -0.2) is 8.42 Å². The number of sulfonamides is 1. The molecule has 0 heterocycles. The highest BCUT2D eigenvalue weighted by molar-refractivity contribution is 9.11. The molecule has 2 rings (SSSR count). The molecule has 2 aromatic rings. The Balaban J connectivity index is 2.19. The Labute approximate surface area is 138 Å². The Morgan fingerprint density at radius 2 is 1.81 bits per heavy atom. The summed E-state index contributed by atoms with van der Waals surface area (Å²) in [6, 6.07) is 8.83. The first-order chi connectivity index (χ1) is 9.77. The molecular formula is C13H11Br2FN2O2S. The van der Waals surface area contributed by atoms with E-state index in [1.807, 2.05) is 0 Å². The van der Waals surface area contributed by atoms with Gasteiger partial charge in [-0.2, -0.15) is 0 Å². The molecule has 0 aliphatic carbocycles. The lowest BCUT2D eigenvalue weighted by Crippen LogP contribution is -2.12. The zero-order valence-electron chi connectivity index (χ0n) is 10.6. The highest BCUT2D eigenvalue weighted by Crippen LogP contribution is 2.27. The number of halogens is 3. The van der Waals surface area contributed by atoms with E-state index in [9.17, 15) is 12.8 Å². The maximum atomic E-state index is 13.2. The molecule has 4 nitrogen and oxygen atoms in total. The first kappa shape index (κ1) is 16.4. The van der Waals surface area contributed by atoms with Crippen LogP contribution in [0.4, 0.5) is 10.1 Å². The van der Waals surface area contributed by atoms with Crippen molar-refractivity contribution in [3.05, 3.63) is 56.7 Å². The van der Waals surface area contributed by atoms with Crippen LogP contribution in [0.25, 0.3) is 0 Å². The number of hydrogen-bond acceptors (Lipinski definition) is 3. The maximum Gasteiger partial charge on any atom is 0.238 e. The summed E-state index contributed by atoms with van der Waals surface area (Å²) in [4.78, 5) is 0.0202. The van der Waals surface area contributed by atoms with E-state index < -0.39 is 10.0 Å². The quantitative estimate of drug-likeness (QED) is 0.767. The third kappa shape index (κ3) is 4.26. The molecule has 2 aromatic carbocycles. The second-order valence-electron chi connectivity index (χ2n) is 4.28. The van der Waals surface area contributed by atoms with Crippen LogP contribution in [0.5, 0.6) is 0 Å². The van der Waals surface area contributed by atoms with Crippen LogP contribution >= 0.6 is 31.9 Å². The standard InChI is InChI=1S/C13H11Br2FN2O2S/c14-11-3-1-9(16)5-8(11)7-18-13-4-2-10(6-12(13)15)21(17,19)20/h1-6,18H,7H2,(H2,17,19,20). The monoisotopic (exact) mass is 436 g/mol. The third-order valence-corrected chi connectivity index (χ3v) is 5.09. The number of hydrogen-bond donors (Lipinski definition) is 2. The fraction of sp³-hybridized carbons (Fsp3) is 0.0769. The van der Waals surface area contributed by atoms with Crippen LogP contribution in [0.2, 0.25) is 0 Å². The summed E-state index contributed by atoms with van der Waals surface area (Å²) in [5.41, 5.74) is 1.43. The Hall–Kier alpha value is -0.960. The SMILES string of the molecule is NS(=O)(=O)c1ccc(NCc2cc(F)ccc2Br)c(Br)c1. The van der Waals surface area contributed by atoms with Crippen molar-refractivity contribution in [2.45, 2.75) is 11.4 Å². The molecule has 0 atom stereocenters. The lowest BCUT2D eigenvalue weighted by molar-refractivity contribution is 0.597. The number of rotatable bonds is 4. The van der Waals surface area contributed by atoms with Crippen LogP contribution in [0.1, 0.15) is 5.56 Å². The summed E-state index contributed by atoms with van der Waals surface area (Å²) in [7, 11) is -3.74. The van der Waals surface area contributed by atoms with Crippen LogP contribution in [0.3, 0.4) is 0 Å². The molecule has 0 aliphatic rings. The number of primary sulfonamides is 1. The normalized spacial score (nSPS) is 11.4. The van der Waals surface area contributed by atoms with Gasteiger partial charge in [-0.05, 0) is 57.9 Å².